The minimum absolute atomic E-state index is 0.0104. The van der Waals surface area contributed by atoms with Crippen LogP contribution < -0.4 is 10.6 Å². The highest BCUT2D eigenvalue weighted by Gasteiger charge is 2.50. The van der Waals surface area contributed by atoms with Gasteiger partial charge in [-0.25, -0.2) is 8.78 Å². The zero-order valence-electron chi connectivity index (χ0n) is 10.9. The second-order valence-corrected chi connectivity index (χ2v) is 6.73. The van der Waals surface area contributed by atoms with Crippen LogP contribution in [0.15, 0.2) is 0 Å². The third kappa shape index (κ3) is 2.48. The van der Waals surface area contributed by atoms with Crippen molar-refractivity contribution in [3.05, 3.63) is 5.01 Å². The van der Waals surface area contributed by atoms with Crippen molar-refractivity contribution in [2.24, 2.45) is 11.1 Å². The van der Waals surface area contributed by atoms with Gasteiger partial charge in [0, 0.05) is 25.9 Å². The number of hydrogen-bond acceptors (Lipinski definition) is 5. The van der Waals surface area contributed by atoms with E-state index < -0.39 is 11.8 Å². The van der Waals surface area contributed by atoms with Gasteiger partial charge in [0.1, 0.15) is 0 Å². The van der Waals surface area contributed by atoms with E-state index in [1.54, 1.807) is 0 Å². The van der Waals surface area contributed by atoms with E-state index in [4.69, 9.17) is 5.73 Å². The molecule has 5 nitrogen and oxygen atoms in total. The van der Waals surface area contributed by atoms with Gasteiger partial charge in [-0.3, -0.25) is 4.79 Å². The topological polar surface area (TPSA) is 72.1 Å². The summed E-state index contributed by atoms with van der Waals surface area (Å²) >= 11 is 1.16. The highest BCUT2D eigenvalue weighted by Crippen LogP contribution is 2.53. The number of amides is 1. The molecule has 0 unspecified atom stereocenters. The Balaban J connectivity index is 1.65. The molecule has 2 N–H and O–H groups in total. The number of rotatable bonds is 2. The number of carbonyl (C=O) groups is 1. The molecule has 1 spiro atoms. The number of aromatic nitrogens is 2. The van der Waals surface area contributed by atoms with E-state index in [9.17, 15) is 13.6 Å². The Kier molecular flexibility index (Phi) is 3.15. The smallest absolute Gasteiger partial charge is 0.279 e. The fraction of sp³-hybridized carbons (Fsp3) is 0.750. The molecule has 0 aromatic carbocycles. The van der Waals surface area contributed by atoms with Gasteiger partial charge < -0.3 is 10.6 Å². The molecule has 1 aliphatic heterocycles. The minimum Gasteiger partial charge on any atom is -0.363 e. The average Bonchev–Trinajstić information content (AvgIpc) is 2.96. The van der Waals surface area contributed by atoms with Gasteiger partial charge in [0.25, 0.3) is 5.91 Å². The Morgan fingerprint density at radius 1 is 1.20 bits per heavy atom. The van der Waals surface area contributed by atoms with Crippen LogP contribution in [-0.4, -0.2) is 35.1 Å². The van der Waals surface area contributed by atoms with Crippen LogP contribution >= 0.6 is 11.3 Å². The number of nitrogens with zero attached hydrogens (tertiary/aromatic N) is 3. The molecule has 1 aromatic rings. The van der Waals surface area contributed by atoms with E-state index in [1.807, 2.05) is 4.90 Å². The summed E-state index contributed by atoms with van der Waals surface area (Å²) in [6.45, 7) is 1.37. The summed E-state index contributed by atoms with van der Waals surface area (Å²) in [4.78, 5) is 13.0. The Morgan fingerprint density at radius 3 is 2.40 bits per heavy atom. The molecule has 1 aromatic heterocycles. The van der Waals surface area contributed by atoms with Crippen molar-refractivity contribution in [1.29, 1.82) is 0 Å². The lowest BCUT2D eigenvalue weighted by Gasteiger charge is -2.39. The van der Waals surface area contributed by atoms with Crippen molar-refractivity contribution in [1.82, 2.24) is 10.2 Å². The molecule has 3 rings (SSSR count). The summed E-state index contributed by atoms with van der Waals surface area (Å²) in [5.41, 5.74) is 4.94. The number of carbonyl (C=O) groups excluding carboxylic acids is 1. The lowest BCUT2D eigenvalue weighted by Crippen LogP contribution is -2.39. The van der Waals surface area contributed by atoms with Gasteiger partial charge in [0.05, 0.1) is 0 Å². The fourth-order valence-corrected chi connectivity index (χ4v) is 3.96. The largest absolute Gasteiger partial charge is 0.363 e. The predicted octanol–water partition coefficient (Wildman–Crippen LogP) is 2.04. The zero-order chi connectivity index (χ0) is 14.4. The van der Waals surface area contributed by atoms with Crippen molar-refractivity contribution < 1.29 is 13.6 Å². The number of anilines is 1. The molecule has 2 aliphatic rings. The van der Waals surface area contributed by atoms with Crippen LogP contribution in [0.1, 0.15) is 41.9 Å². The SMILES string of the molecule is NC(=O)c1nnc(N2CCC3(CC2)CCC(F)(F)C3)s1. The van der Waals surface area contributed by atoms with E-state index in [0.717, 1.165) is 24.2 Å². The molecule has 2 fully saturated rings. The maximum Gasteiger partial charge on any atom is 0.279 e. The van der Waals surface area contributed by atoms with E-state index in [2.05, 4.69) is 10.2 Å². The summed E-state index contributed by atoms with van der Waals surface area (Å²) in [5.74, 6) is -3.08. The second-order valence-electron chi connectivity index (χ2n) is 5.77. The molecule has 0 bridgehead atoms. The van der Waals surface area contributed by atoms with Crippen molar-refractivity contribution in [3.63, 3.8) is 0 Å². The van der Waals surface area contributed by atoms with Crippen molar-refractivity contribution >= 4 is 22.4 Å². The first kappa shape index (κ1) is 13.7. The lowest BCUT2D eigenvalue weighted by atomic mass is 9.77. The normalized spacial score (nSPS) is 24.2. The molecule has 110 valence electrons. The molecular formula is C12H16F2N4OS. The number of nitrogens with two attached hydrogens (primary N) is 1. The van der Waals surface area contributed by atoms with Gasteiger partial charge in [0.15, 0.2) is 0 Å². The van der Waals surface area contributed by atoms with Crippen LogP contribution in [0.5, 0.6) is 0 Å². The maximum absolute atomic E-state index is 13.4. The summed E-state index contributed by atoms with van der Waals surface area (Å²) < 4.78 is 26.8. The van der Waals surface area contributed by atoms with Crippen LogP contribution in [0.4, 0.5) is 13.9 Å². The number of primary amides is 1. The second kappa shape index (κ2) is 4.61. The zero-order valence-corrected chi connectivity index (χ0v) is 11.8. The third-order valence-electron chi connectivity index (χ3n) is 4.37. The van der Waals surface area contributed by atoms with Gasteiger partial charge in [-0.15, -0.1) is 10.2 Å². The summed E-state index contributed by atoms with van der Waals surface area (Å²) in [6, 6.07) is 0. The first-order chi connectivity index (χ1) is 9.39. The van der Waals surface area contributed by atoms with Gasteiger partial charge >= 0.3 is 0 Å². The number of hydrogen-bond donors (Lipinski definition) is 1. The van der Waals surface area contributed by atoms with E-state index in [1.165, 1.54) is 0 Å². The molecular weight excluding hydrogens is 286 g/mol. The number of halogens is 2. The molecule has 1 saturated heterocycles. The highest BCUT2D eigenvalue weighted by atomic mass is 32.1. The van der Waals surface area contributed by atoms with Gasteiger partial charge in [-0.05, 0) is 24.7 Å². The molecule has 1 amide bonds. The molecule has 8 heteroatoms. The molecule has 1 aliphatic carbocycles. The summed E-state index contributed by atoms with van der Waals surface area (Å²) in [6.07, 6.45) is 2.12. The first-order valence-corrected chi connectivity index (χ1v) is 7.47. The summed E-state index contributed by atoms with van der Waals surface area (Å²) in [7, 11) is 0. The van der Waals surface area contributed by atoms with Gasteiger partial charge in [-0.1, -0.05) is 11.3 Å². The standard InChI is InChI=1S/C12H16F2N4OS/c13-12(14)2-1-11(7-12)3-5-18(6-4-11)10-17-16-9(20-10)8(15)19/h1-7H2,(H2,15,19). The average molecular weight is 302 g/mol. The summed E-state index contributed by atoms with van der Waals surface area (Å²) in [5, 5.41) is 8.52. The molecule has 0 radical (unpaired) electrons. The Hall–Kier alpha value is -1.31. The van der Waals surface area contributed by atoms with E-state index in [-0.39, 0.29) is 23.3 Å². The molecule has 20 heavy (non-hydrogen) atoms. The first-order valence-electron chi connectivity index (χ1n) is 6.65. The van der Waals surface area contributed by atoms with Gasteiger partial charge in [0.2, 0.25) is 16.1 Å². The quantitative estimate of drug-likeness (QED) is 0.907. The van der Waals surface area contributed by atoms with Crippen molar-refractivity contribution in [2.45, 2.75) is 38.0 Å². The van der Waals surface area contributed by atoms with Crippen LogP contribution in [-0.2, 0) is 0 Å². The predicted molar refractivity (Wildman–Crippen MR) is 71.1 cm³/mol. The van der Waals surface area contributed by atoms with Crippen molar-refractivity contribution in [3.8, 4) is 0 Å². The maximum atomic E-state index is 13.4. The molecule has 0 atom stereocenters. The van der Waals surface area contributed by atoms with Gasteiger partial charge in [-0.2, -0.15) is 0 Å². The minimum atomic E-state index is -2.50. The molecule has 1 saturated carbocycles. The Morgan fingerprint density at radius 2 is 1.90 bits per heavy atom. The van der Waals surface area contributed by atoms with Crippen LogP contribution in [0.2, 0.25) is 0 Å². The highest BCUT2D eigenvalue weighted by molar-refractivity contribution is 7.17. The third-order valence-corrected chi connectivity index (χ3v) is 5.37. The van der Waals surface area contributed by atoms with Crippen molar-refractivity contribution in [2.75, 3.05) is 18.0 Å². The molecule has 2 heterocycles. The lowest BCUT2D eigenvalue weighted by molar-refractivity contribution is -0.00682. The van der Waals surface area contributed by atoms with Crippen LogP contribution in [0, 0.1) is 5.41 Å². The monoisotopic (exact) mass is 302 g/mol. The van der Waals surface area contributed by atoms with Crippen LogP contribution in [0.25, 0.3) is 0 Å². The van der Waals surface area contributed by atoms with E-state index in [0.29, 0.717) is 24.6 Å². The Bertz CT molecular complexity index is 525. The number of piperidine rings is 1. The van der Waals surface area contributed by atoms with E-state index >= 15 is 0 Å². The Labute approximate surface area is 119 Å². The van der Waals surface area contributed by atoms with Crippen LogP contribution in [0.3, 0.4) is 0 Å². The number of alkyl halides is 2. The fourth-order valence-electron chi connectivity index (χ4n) is 3.22.